The van der Waals surface area contributed by atoms with Gasteiger partial charge in [-0.1, -0.05) is 12.1 Å². The largest absolute Gasteiger partial charge is 0.487 e. The van der Waals surface area contributed by atoms with Crippen molar-refractivity contribution in [1.29, 1.82) is 0 Å². The topological polar surface area (TPSA) is 42.1 Å². The lowest BCUT2D eigenvalue weighted by Gasteiger charge is -2.08. The van der Waals surface area contributed by atoms with E-state index in [2.05, 4.69) is 4.98 Å². The lowest BCUT2D eigenvalue weighted by Crippen LogP contribution is -2.08. The summed E-state index contributed by atoms with van der Waals surface area (Å²) in [6.07, 6.45) is 0. The number of pyridine rings is 1. The molecule has 1 N–H and O–H groups in total. The molecule has 4 heteroatoms. The van der Waals surface area contributed by atoms with Gasteiger partial charge in [-0.2, -0.15) is 0 Å². The Morgan fingerprint density at radius 3 is 2.88 bits per heavy atom. The molecule has 1 aromatic carbocycles. The first kappa shape index (κ1) is 11.4. The zero-order valence-electron chi connectivity index (χ0n) is 9.37. The third-order valence-electron chi connectivity index (χ3n) is 2.36. The maximum atomic E-state index is 13.0. The van der Waals surface area contributed by atoms with Crippen LogP contribution in [0.1, 0.15) is 11.3 Å². The zero-order chi connectivity index (χ0) is 12.3. The van der Waals surface area contributed by atoms with Gasteiger partial charge in [-0.05, 0) is 24.6 Å². The molecule has 3 nitrogen and oxygen atoms in total. The van der Waals surface area contributed by atoms with Crippen LogP contribution in [-0.2, 0) is 6.61 Å². The van der Waals surface area contributed by atoms with Crippen LogP contribution >= 0.6 is 0 Å². The molecule has 1 aromatic heterocycles. The van der Waals surface area contributed by atoms with E-state index in [1.165, 1.54) is 18.2 Å². The lowest BCUT2D eigenvalue weighted by atomic mass is 10.2. The second-order valence-electron chi connectivity index (χ2n) is 3.74. The summed E-state index contributed by atoms with van der Waals surface area (Å²) in [6, 6.07) is 9.18. The number of ether oxygens (including phenoxy) is 1. The quantitative estimate of drug-likeness (QED) is 0.884. The highest BCUT2D eigenvalue weighted by Gasteiger charge is 2.02. The first-order valence-electron chi connectivity index (χ1n) is 5.22. The molecule has 17 heavy (non-hydrogen) atoms. The van der Waals surface area contributed by atoms with Crippen molar-refractivity contribution in [1.82, 2.24) is 4.98 Å². The Labute approximate surface area is 97.9 Å². The van der Waals surface area contributed by atoms with Crippen molar-refractivity contribution in [3.05, 3.63) is 63.8 Å². The van der Waals surface area contributed by atoms with Crippen LogP contribution in [0.3, 0.4) is 0 Å². The van der Waals surface area contributed by atoms with Crippen molar-refractivity contribution >= 4 is 0 Å². The predicted octanol–water partition coefficient (Wildman–Crippen LogP) is 2.40. The molecule has 0 radical (unpaired) electrons. The third-order valence-corrected chi connectivity index (χ3v) is 2.36. The van der Waals surface area contributed by atoms with Gasteiger partial charge in [-0.15, -0.1) is 0 Å². The molecule has 0 fully saturated rings. The van der Waals surface area contributed by atoms with E-state index in [1.807, 2.05) is 6.92 Å². The Morgan fingerprint density at radius 2 is 2.12 bits per heavy atom. The average Bonchev–Trinajstić information content (AvgIpc) is 2.30. The highest BCUT2D eigenvalue weighted by molar-refractivity contribution is 5.32. The number of benzene rings is 1. The van der Waals surface area contributed by atoms with Crippen molar-refractivity contribution in [2.24, 2.45) is 0 Å². The minimum Gasteiger partial charge on any atom is -0.487 e. The second-order valence-corrected chi connectivity index (χ2v) is 3.74. The van der Waals surface area contributed by atoms with Gasteiger partial charge in [0.25, 0.3) is 0 Å². The van der Waals surface area contributed by atoms with Crippen LogP contribution in [0.2, 0.25) is 0 Å². The van der Waals surface area contributed by atoms with Crippen LogP contribution in [-0.4, -0.2) is 4.98 Å². The predicted molar refractivity (Wildman–Crippen MR) is 62.5 cm³/mol. The number of hydrogen-bond acceptors (Lipinski definition) is 2. The van der Waals surface area contributed by atoms with E-state index in [4.69, 9.17) is 4.74 Å². The number of aromatic nitrogens is 1. The molecule has 0 saturated carbocycles. The molecule has 0 amide bonds. The van der Waals surface area contributed by atoms with E-state index < -0.39 is 0 Å². The Kier molecular flexibility index (Phi) is 3.23. The smallest absolute Gasteiger partial charge is 0.248 e. The zero-order valence-corrected chi connectivity index (χ0v) is 9.37. The molecular formula is C13H12FNO2. The highest BCUT2D eigenvalue weighted by Crippen LogP contribution is 2.19. The third kappa shape index (κ3) is 2.93. The van der Waals surface area contributed by atoms with Crippen LogP contribution in [0, 0.1) is 12.7 Å². The molecule has 0 aliphatic rings. The minimum absolute atomic E-state index is 0.179. The standard InChI is InChI=1S/C13H12FNO2/c1-9-5-6-10(14)7-12(9)17-8-11-3-2-4-13(16)15-11/h2-7H,8H2,1H3,(H,15,16). The van der Waals surface area contributed by atoms with E-state index in [0.29, 0.717) is 11.4 Å². The molecule has 88 valence electrons. The summed E-state index contributed by atoms with van der Waals surface area (Å²) in [7, 11) is 0. The monoisotopic (exact) mass is 233 g/mol. The summed E-state index contributed by atoms with van der Waals surface area (Å²) in [5.41, 5.74) is 1.33. The molecule has 0 bridgehead atoms. The molecule has 0 unspecified atom stereocenters. The number of aromatic amines is 1. The van der Waals surface area contributed by atoms with Gasteiger partial charge in [-0.3, -0.25) is 4.79 Å². The maximum Gasteiger partial charge on any atom is 0.248 e. The number of hydrogen-bond donors (Lipinski definition) is 1. The van der Waals surface area contributed by atoms with Crippen molar-refractivity contribution in [3.63, 3.8) is 0 Å². The molecular weight excluding hydrogens is 221 g/mol. The van der Waals surface area contributed by atoms with Crippen molar-refractivity contribution < 1.29 is 9.13 Å². The summed E-state index contributed by atoms with van der Waals surface area (Å²) in [5.74, 6) is 0.141. The molecule has 2 aromatic rings. The summed E-state index contributed by atoms with van der Waals surface area (Å²) < 4.78 is 18.4. The van der Waals surface area contributed by atoms with E-state index >= 15 is 0 Å². The minimum atomic E-state index is -0.341. The molecule has 0 spiro atoms. The van der Waals surface area contributed by atoms with Crippen LogP contribution < -0.4 is 10.3 Å². The summed E-state index contributed by atoms with van der Waals surface area (Å²) >= 11 is 0. The summed E-state index contributed by atoms with van der Waals surface area (Å²) in [5, 5.41) is 0. The van der Waals surface area contributed by atoms with Crippen LogP contribution in [0.25, 0.3) is 0 Å². The number of aryl methyl sites for hydroxylation is 1. The van der Waals surface area contributed by atoms with Crippen LogP contribution in [0.15, 0.2) is 41.2 Å². The Hall–Kier alpha value is -2.10. The first-order valence-corrected chi connectivity index (χ1v) is 5.22. The summed E-state index contributed by atoms with van der Waals surface area (Å²) in [6.45, 7) is 2.04. The van der Waals surface area contributed by atoms with E-state index in [1.54, 1.807) is 18.2 Å². The maximum absolute atomic E-state index is 13.0. The first-order chi connectivity index (χ1) is 8.15. The fraction of sp³-hybridized carbons (Fsp3) is 0.154. The molecule has 0 atom stereocenters. The fourth-order valence-electron chi connectivity index (χ4n) is 1.46. The van der Waals surface area contributed by atoms with E-state index in [-0.39, 0.29) is 18.0 Å². The van der Waals surface area contributed by atoms with Gasteiger partial charge in [-0.25, -0.2) is 4.39 Å². The molecule has 2 rings (SSSR count). The van der Waals surface area contributed by atoms with Gasteiger partial charge in [0.05, 0.1) is 5.69 Å². The van der Waals surface area contributed by atoms with Gasteiger partial charge in [0.1, 0.15) is 18.2 Å². The van der Waals surface area contributed by atoms with Crippen LogP contribution in [0.4, 0.5) is 4.39 Å². The molecule has 0 saturated heterocycles. The highest BCUT2D eigenvalue weighted by atomic mass is 19.1. The Morgan fingerprint density at radius 1 is 1.29 bits per heavy atom. The number of nitrogens with one attached hydrogen (secondary N) is 1. The van der Waals surface area contributed by atoms with Crippen molar-refractivity contribution in [2.45, 2.75) is 13.5 Å². The molecule has 0 aliphatic carbocycles. The Balaban J connectivity index is 2.12. The van der Waals surface area contributed by atoms with Gasteiger partial charge in [0.15, 0.2) is 0 Å². The van der Waals surface area contributed by atoms with Gasteiger partial charge >= 0.3 is 0 Å². The Bertz CT molecular complexity index is 578. The summed E-state index contributed by atoms with van der Waals surface area (Å²) in [4.78, 5) is 13.7. The number of rotatable bonds is 3. The lowest BCUT2D eigenvalue weighted by molar-refractivity contribution is 0.297. The molecule has 1 heterocycles. The van der Waals surface area contributed by atoms with Crippen molar-refractivity contribution in [2.75, 3.05) is 0 Å². The van der Waals surface area contributed by atoms with Crippen molar-refractivity contribution in [3.8, 4) is 5.75 Å². The molecule has 0 aliphatic heterocycles. The van der Waals surface area contributed by atoms with Gasteiger partial charge in [0.2, 0.25) is 5.56 Å². The fourth-order valence-corrected chi connectivity index (χ4v) is 1.46. The number of H-pyrrole nitrogens is 1. The second kappa shape index (κ2) is 4.82. The normalized spacial score (nSPS) is 10.2. The SMILES string of the molecule is Cc1ccc(F)cc1OCc1cccc(=O)[nH]1. The van der Waals surface area contributed by atoms with Gasteiger partial charge < -0.3 is 9.72 Å². The van der Waals surface area contributed by atoms with E-state index in [0.717, 1.165) is 5.56 Å². The average molecular weight is 233 g/mol. The van der Waals surface area contributed by atoms with Crippen LogP contribution in [0.5, 0.6) is 5.75 Å². The van der Waals surface area contributed by atoms with E-state index in [9.17, 15) is 9.18 Å². The number of halogens is 1. The van der Waals surface area contributed by atoms with Gasteiger partial charge in [0, 0.05) is 12.1 Å².